The third-order valence-electron chi connectivity index (χ3n) is 3.94. The predicted octanol–water partition coefficient (Wildman–Crippen LogP) is 3.45. The first-order valence-corrected chi connectivity index (χ1v) is 9.14. The van der Waals surface area contributed by atoms with Crippen LogP contribution in [0.1, 0.15) is 29.9 Å². The molecule has 0 radical (unpaired) electrons. The van der Waals surface area contributed by atoms with Crippen molar-refractivity contribution in [1.82, 2.24) is 10.3 Å². The van der Waals surface area contributed by atoms with Crippen LogP contribution in [0.2, 0.25) is 0 Å². The standard InChI is InChI=1S/C20H22F3N3O4/c1-4-29-15-11-7-6-10-14(15)17(27)26-19(20(21,22)23,18(28)30-5-2)25-16-12-8-9-13(3)24-16/h6-12H,4-5H2,1-3H3,(H,24,25)(H,26,27)/t19-/m1/s1. The second-order valence-electron chi connectivity index (χ2n) is 6.14. The lowest BCUT2D eigenvalue weighted by molar-refractivity contribution is -0.204. The molecule has 0 saturated carbocycles. The van der Waals surface area contributed by atoms with Crippen molar-refractivity contribution < 1.29 is 32.2 Å². The Morgan fingerprint density at radius 3 is 2.33 bits per heavy atom. The van der Waals surface area contributed by atoms with Crippen molar-refractivity contribution in [3.05, 3.63) is 53.7 Å². The summed E-state index contributed by atoms with van der Waals surface area (Å²) >= 11 is 0. The Morgan fingerprint density at radius 1 is 1.03 bits per heavy atom. The summed E-state index contributed by atoms with van der Waals surface area (Å²) in [5, 5.41) is 3.80. The lowest BCUT2D eigenvalue weighted by Gasteiger charge is -2.35. The zero-order valence-corrected chi connectivity index (χ0v) is 16.7. The van der Waals surface area contributed by atoms with Gasteiger partial charge in [-0.25, -0.2) is 9.78 Å². The van der Waals surface area contributed by atoms with Crippen LogP contribution in [-0.4, -0.2) is 41.9 Å². The SMILES string of the molecule is CCOC(=O)[C@](NC(=O)c1ccccc1OCC)(Nc1cccc(C)n1)C(F)(F)F. The number of alkyl halides is 3. The number of esters is 1. The van der Waals surface area contributed by atoms with Crippen molar-refractivity contribution in [3.8, 4) is 5.75 Å². The van der Waals surface area contributed by atoms with Gasteiger partial charge in [0.25, 0.3) is 5.91 Å². The number of para-hydroxylation sites is 1. The van der Waals surface area contributed by atoms with Gasteiger partial charge < -0.3 is 20.1 Å². The van der Waals surface area contributed by atoms with Crippen molar-refractivity contribution in [3.63, 3.8) is 0 Å². The van der Waals surface area contributed by atoms with Gasteiger partial charge in [-0.3, -0.25) is 4.79 Å². The van der Waals surface area contributed by atoms with Crippen molar-refractivity contribution in [1.29, 1.82) is 0 Å². The summed E-state index contributed by atoms with van der Waals surface area (Å²) in [6, 6.07) is 10.0. The van der Waals surface area contributed by atoms with E-state index in [-0.39, 0.29) is 30.3 Å². The second-order valence-corrected chi connectivity index (χ2v) is 6.14. The average molecular weight is 425 g/mol. The van der Waals surface area contributed by atoms with Crippen molar-refractivity contribution >= 4 is 17.7 Å². The number of carbonyl (C=O) groups is 2. The van der Waals surface area contributed by atoms with Crippen LogP contribution in [0.4, 0.5) is 19.0 Å². The molecule has 1 atom stereocenters. The summed E-state index contributed by atoms with van der Waals surface area (Å²) in [4.78, 5) is 29.3. The molecule has 2 N–H and O–H groups in total. The first-order valence-electron chi connectivity index (χ1n) is 9.14. The Morgan fingerprint density at radius 2 is 1.73 bits per heavy atom. The highest BCUT2D eigenvalue weighted by atomic mass is 19.4. The van der Waals surface area contributed by atoms with Gasteiger partial charge in [0.2, 0.25) is 0 Å². The minimum Gasteiger partial charge on any atom is -0.493 e. The fourth-order valence-corrected chi connectivity index (χ4v) is 2.61. The molecular weight excluding hydrogens is 403 g/mol. The number of hydrogen-bond donors (Lipinski definition) is 2. The maximum atomic E-state index is 14.2. The number of amides is 1. The summed E-state index contributed by atoms with van der Waals surface area (Å²) in [6.07, 6.45) is -5.26. The van der Waals surface area contributed by atoms with Gasteiger partial charge in [0.1, 0.15) is 11.6 Å². The Kier molecular flexibility index (Phi) is 7.25. The molecule has 0 bridgehead atoms. The van der Waals surface area contributed by atoms with Gasteiger partial charge in [-0.2, -0.15) is 13.2 Å². The number of halogens is 3. The van der Waals surface area contributed by atoms with Crippen LogP contribution < -0.4 is 15.4 Å². The fourth-order valence-electron chi connectivity index (χ4n) is 2.61. The van der Waals surface area contributed by atoms with E-state index in [1.54, 1.807) is 31.3 Å². The van der Waals surface area contributed by atoms with Crippen LogP contribution >= 0.6 is 0 Å². The maximum absolute atomic E-state index is 14.2. The van der Waals surface area contributed by atoms with Crippen LogP contribution in [-0.2, 0) is 9.53 Å². The van der Waals surface area contributed by atoms with E-state index in [0.29, 0.717) is 5.69 Å². The van der Waals surface area contributed by atoms with Crippen molar-refractivity contribution in [2.45, 2.75) is 32.6 Å². The number of anilines is 1. The van der Waals surface area contributed by atoms with Gasteiger partial charge in [0.15, 0.2) is 0 Å². The molecule has 2 aromatic rings. The first kappa shape index (κ1) is 23.0. The monoisotopic (exact) mass is 425 g/mol. The van der Waals surface area contributed by atoms with E-state index >= 15 is 0 Å². The number of hydrogen-bond acceptors (Lipinski definition) is 6. The van der Waals surface area contributed by atoms with Crippen LogP contribution in [0.15, 0.2) is 42.5 Å². The Labute approximate surface area is 171 Å². The topological polar surface area (TPSA) is 89.5 Å². The van der Waals surface area contributed by atoms with E-state index in [2.05, 4.69) is 9.72 Å². The molecule has 0 aliphatic carbocycles. The van der Waals surface area contributed by atoms with E-state index in [9.17, 15) is 22.8 Å². The van der Waals surface area contributed by atoms with Crippen molar-refractivity contribution in [2.24, 2.45) is 0 Å². The van der Waals surface area contributed by atoms with Crippen molar-refractivity contribution in [2.75, 3.05) is 18.5 Å². The smallest absolute Gasteiger partial charge is 0.441 e. The number of nitrogens with zero attached hydrogens (tertiary/aromatic N) is 1. The molecule has 162 valence electrons. The predicted molar refractivity (Wildman–Crippen MR) is 103 cm³/mol. The molecule has 0 unspecified atom stereocenters. The van der Waals surface area contributed by atoms with Crippen LogP contribution in [0.5, 0.6) is 5.75 Å². The molecule has 30 heavy (non-hydrogen) atoms. The number of rotatable bonds is 8. The number of carbonyl (C=O) groups excluding carboxylic acids is 2. The number of aryl methyl sites for hydroxylation is 1. The molecule has 7 nitrogen and oxygen atoms in total. The third-order valence-corrected chi connectivity index (χ3v) is 3.94. The zero-order valence-electron chi connectivity index (χ0n) is 16.7. The van der Waals surface area contributed by atoms with E-state index in [1.165, 1.54) is 37.3 Å². The Hall–Kier alpha value is -3.30. The van der Waals surface area contributed by atoms with Gasteiger partial charge in [-0.05, 0) is 45.0 Å². The number of nitrogens with one attached hydrogen (secondary N) is 2. The molecule has 10 heteroatoms. The van der Waals surface area contributed by atoms with E-state index < -0.39 is 23.7 Å². The Bertz CT molecular complexity index is 905. The summed E-state index contributed by atoms with van der Waals surface area (Å²) in [6.45, 7) is 4.46. The quantitative estimate of drug-likeness (QED) is 0.498. The third kappa shape index (κ3) is 5.00. The highest BCUT2D eigenvalue weighted by molar-refractivity contribution is 6.01. The summed E-state index contributed by atoms with van der Waals surface area (Å²) in [7, 11) is 0. The highest BCUT2D eigenvalue weighted by Crippen LogP contribution is 2.33. The van der Waals surface area contributed by atoms with Gasteiger partial charge in [0, 0.05) is 5.69 Å². The van der Waals surface area contributed by atoms with E-state index in [0.717, 1.165) is 0 Å². The lowest BCUT2D eigenvalue weighted by atomic mass is 10.1. The van der Waals surface area contributed by atoms with Gasteiger partial charge in [-0.15, -0.1) is 0 Å². The molecule has 0 aliphatic rings. The number of aromatic nitrogens is 1. The lowest BCUT2D eigenvalue weighted by Crippen LogP contribution is -2.69. The largest absolute Gasteiger partial charge is 0.493 e. The maximum Gasteiger partial charge on any atom is 0.441 e. The first-order chi connectivity index (χ1) is 14.1. The van der Waals surface area contributed by atoms with E-state index in [4.69, 9.17) is 4.74 Å². The normalized spacial score (nSPS) is 13.1. The summed E-state index contributed by atoms with van der Waals surface area (Å²) < 4.78 is 52.6. The van der Waals surface area contributed by atoms with Gasteiger partial charge in [-0.1, -0.05) is 18.2 Å². The molecule has 1 heterocycles. The molecule has 1 amide bonds. The average Bonchev–Trinajstić information content (AvgIpc) is 2.67. The molecule has 1 aromatic carbocycles. The summed E-state index contributed by atoms with van der Waals surface area (Å²) in [5.74, 6) is -3.09. The van der Waals surface area contributed by atoms with Crippen LogP contribution in [0.25, 0.3) is 0 Å². The summed E-state index contributed by atoms with van der Waals surface area (Å²) in [5.41, 5.74) is -3.33. The molecule has 1 aromatic heterocycles. The molecule has 0 aliphatic heterocycles. The van der Waals surface area contributed by atoms with E-state index in [1.807, 2.05) is 5.32 Å². The number of pyridine rings is 1. The molecule has 0 fully saturated rings. The minimum absolute atomic E-state index is 0.0751. The highest BCUT2D eigenvalue weighted by Gasteiger charge is 2.64. The fraction of sp³-hybridized carbons (Fsp3) is 0.350. The van der Waals surface area contributed by atoms with Crippen LogP contribution in [0.3, 0.4) is 0 Å². The van der Waals surface area contributed by atoms with Gasteiger partial charge in [0.05, 0.1) is 18.8 Å². The minimum atomic E-state index is -5.26. The number of ether oxygens (including phenoxy) is 2. The molecule has 0 spiro atoms. The zero-order chi connectivity index (χ0) is 22.4. The Balaban J connectivity index is 2.54. The second kappa shape index (κ2) is 9.47. The molecule has 0 saturated heterocycles. The molecular formula is C20H22F3N3O4. The molecule has 2 rings (SSSR count). The van der Waals surface area contributed by atoms with Crippen LogP contribution in [0, 0.1) is 6.92 Å². The van der Waals surface area contributed by atoms with Gasteiger partial charge >= 0.3 is 17.8 Å². The number of benzene rings is 1.